The maximum Gasteiger partial charge on any atom is 0.343 e. The molecule has 0 fully saturated rings. The van der Waals surface area contributed by atoms with E-state index in [0.717, 1.165) is 12.7 Å². The molecule has 0 radical (unpaired) electrons. The maximum atomic E-state index is 11.8. The number of ether oxygens (including phenoxy) is 1. The lowest BCUT2D eigenvalue weighted by Gasteiger charge is -2.22. The minimum atomic E-state index is -1.78. The van der Waals surface area contributed by atoms with E-state index in [4.69, 9.17) is 11.6 Å². The molecule has 0 bridgehead atoms. The molecule has 0 saturated carbocycles. The van der Waals surface area contributed by atoms with Gasteiger partial charge >= 0.3 is 11.9 Å². The highest BCUT2D eigenvalue weighted by Gasteiger charge is 2.52. The predicted octanol–water partition coefficient (Wildman–Crippen LogP) is 1.61. The third kappa shape index (κ3) is 1.62. The van der Waals surface area contributed by atoms with Crippen LogP contribution in [0.1, 0.15) is 11.1 Å². The van der Waals surface area contributed by atoms with Crippen LogP contribution in [0.25, 0.3) is 0 Å². The summed E-state index contributed by atoms with van der Waals surface area (Å²) < 4.78 is 4.58. The van der Waals surface area contributed by atoms with Crippen molar-refractivity contribution in [1.82, 2.24) is 0 Å². The molecule has 2 N–H and O–H groups in total. The first-order chi connectivity index (χ1) is 8.42. The van der Waals surface area contributed by atoms with Crippen LogP contribution in [-0.2, 0) is 20.7 Å². The number of esters is 1. The molecule has 0 spiro atoms. The summed E-state index contributed by atoms with van der Waals surface area (Å²) in [5, 5.41) is 12.5. The van der Waals surface area contributed by atoms with Crippen molar-refractivity contribution in [3.63, 3.8) is 0 Å². The number of carbonyl (C=O) groups excluding carboxylic acids is 1. The van der Waals surface area contributed by atoms with E-state index in [-0.39, 0.29) is 6.42 Å². The van der Waals surface area contributed by atoms with Gasteiger partial charge in [-0.2, -0.15) is 0 Å². The second-order valence-electron chi connectivity index (χ2n) is 4.22. The number of hydrogen-bond acceptors (Lipinski definition) is 4. The molecule has 18 heavy (non-hydrogen) atoms. The van der Waals surface area contributed by atoms with E-state index in [1.807, 2.05) is 6.92 Å². The number of aliphatic carboxylic acids is 1. The number of methoxy groups -OCH3 is 1. The van der Waals surface area contributed by atoms with Gasteiger partial charge in [0.2, 0.25) is 5.54 Å². The van der Waals surface area contributed by atoms with Gasteiger partial charge in [0.1, 0.15) is 0 Å². The zero-order valence-corrected chi connectivity index (χ0v) is 10.7. The molecule has 1 aliphatic heterocycles. The third-order valence-corrected chi connectivity index (χ3v) is 3.50. The topological polar surface area (TPSA) is 75.6 Å². The molecule has 0 aromatic heterocycles. The van der Waals surface area contributed by atoms with E-state index in [1.54, 1.807) is 12.1 Å². The van der Waals surface area contributed by atoms with Gasteiger partial charge < -0.3 is 15.2 Å². The minimum Gasteiger partial charge on any atom is -0.479 e. The number of rotatable bonds is 2. The number of carbonyl (C=O) groups is 2. The molecule has 6 heteroatoms. The van der Waals surface area contributed by atoms with Crippen LogP contribution in [-0.4, -0.2) is 29.7 Å². The Kier molecular flexibility index (Phi) is 2.94. The van der Waals surface area contributed by atoms with Gasteiger partial charge in [-0.3, -0.25) is 0 Å². The fourth-order valence-electron chi connectivity index (χ4n) is 2.12. The lowest BCUT2D eigenvalue weighted by Crippen LogP contribution is -2.52. The van der Waals surface area contributed by atoms with Crippen LogP contribution in [0.4, 0.5) is 5.69 Å². The first-order valence-electron chi connectivity index (χ1n) is 5.30. The van der Waals surface area contributed by atoms with Gasteiger partial charge in [0.25, 0.3) is 0 Å². The number of benzene rings is 1. The molecular formula is C12H12ClNO4. The van der Waals surface area contributed by atoms with E-state index in [9.17, 15) is 14.7 Å². The Labute approximate surface area is 109 Å². The Balaban J connectivity index is 2.55. The lowest BCUT2D eigenvalue weighted by molar-refractivity contribution is -0.157. The molecule has 1 aromatic carbocycles. The quantitative estimate of drug-likeness (QED) is 0.630. The summed E-state index contributed by atoms with van der Waals surface area (Å²) in [5.74, 6) is -2.11. The van der Waals surface area contributed by atoms with Crippen LogP contribution in [0.15, 0.2) is 12.1 Å². The van der Waals surface area contributed by atoms with Crippen LogP contribution < -0.4 is 5.32 Å². The Morgan fingerprint density at radius 1 is 1.50 bits per heavy atom. The van der Waals surface area contributed by atoms with E-state index >= 15 is 0 Å². The van der Waals surface area contributed by atoms with Crippen molar-refractivity contribution < 1.29 is 19.4 Å². The summed E-state index contributed by atoms with van der Waals surface area (Å²) in [6.45, 7) is 1.82. The number of fused-ring (bicyclic) bond motifs is 1. The van der Waals surface area contributed by atoms with Gasteiger partial charge in [-0.15, -0.1) is 0 Å². The highest BCUT2D eigenvalue weighted by Crippen LogP contribution is 2.39. The fraction of sp³-hybridized carbons (Fsp3) is 0.333. The summed E-state index contributed by atoms with van der Waals surface area (Å²) in [6, 6.07) is 3.45. The van der Waals surface area contributed by atoms with Crippen LogP contribution >= 0.6 is 11.6 Å². The summed E-state index contributed by atoms with van der Waals surface area (Å²) in [6.07, 6.45) is -0.0230. The second-order valence-corrected chi connectivity index (χ2v) is 4.63. The zero-order valence-electron chi connectivity index (χ0n) is 9.91. The average molecular weight is 270 g/mol. The first kappa shape index (κ1) is 12.7. The van der Waals surface area contributed by atoms with Crippen molar-refractivity contribution in [2.45, 2.75) is 18.9 Å². The van der Waals surface area contributed by atoms with E-state index in [1.165, 1.54) is 0 Å². The van der Waals surface area contributed by atoms with Crippen LogP contribution in [0, 0.1) is 6.92 Å². The molecule has 1 unspecified atom stereocenters. The number of halogens is 1. The normalized spacial score (nSPS) is 21.1. The van der Waals surface area contributed by atoms with Crippen molar-refractivity contribution in [2.24, 2.45) is 0 Å². The number of carboxylic acid groups (broad SMARTS) is 1. The molecule has 1 aliphatic rings. The van der Waals surface area contributed by atoms with Crippen molar-refractivity contribution >= 4 is 29.2 Å². The van der Waals surface area contributed by atoms with Gasteiger partial charge in [0, 0.05) is 17.1 Å². The number of nitrogens with one attached hydrogen (secondary N) is 1. The highest BCUT2D eigenvalue weighted by atomic mass is 35.5. The molecule has 1 aromatic rings. The van der Waals surface area contributed by atoms with Gasteiger partial charge in [0.05, 0.1) is 7.11 Å². The molecule has 96 valence electrons. The fourth-order valence-corrected chi connectivity index (χ4v) is 2.35. The summed E-state index contributed by atoms with van der Waals surface area (Å²) in [4.78, 5) is 23.2. The Hall–Kier alpha value is -1.75. The molecule has 5 nitrogen and oxygen atoms in total. The number of aryl methyl sites for hydroxylation is 1. The summed E-state index contributed by atoms with van der Waals surface area (Å²) in [7, 11) is 1.16. The van der Waals surface area contributed by atoms with Crippen molar-refractivity contribution in [1.29, 1.82) is 0 Å². The predicted molar refractivity (Wildman–Crippen MR) is 65.9 cm³/mol. The molecule has 1 heterocycles. The van der Waals surface area contributed by atoms with Crippen molar-refractivity contribution in [2.75, 3.05) is 12.4 Å². The van der Waals surface area contributed by atoms with Gasteiger partial charge in [-0.05, 0) is 24.1 Å². The lowest BCUT2D eigenvalue weighted by atomic mass is 9.95. The van der Waals surface area contributed by atoms with Crippen molar-refractivity contribution in [3.05, 3.63) is 28.3 Å². The third-order valence-electron chi connectivity index (χ3n) is 3.14. The smallest absolute Gasteiger partial charge is 0.343 e. The van der Waals surface area contributed by atoms with Crippen LogP contribution in [0.3, 0.4) is 0 Å². The Bertz CT molecular complexity index is 510. The van der Waals surface area contributed by atoms with E-state index in [0.29, 0.717) is 16.3 Å². The highest BCUT2D eigenvalue weighted by molar-refractivity contribution is 6.32. The van der Waals surface area contributed by atoms with Gasteiger partial charge in [0.15, 0.2) is 0 Å². The molecule has 0 saturated heterocycles. The number of anilines is 1. The summed E-state index contributed by atoms with van der Waals surface area (Å²) in [5.41, 5.74) is 0.272. The second kappa shape index (κ2) is 4.17. The minimum absolute atomic E-state index is 0.0230. The maximum absolute atomic E-state index is 11.8. The monoisotopic (exact) mass is 269 g/mol. The standard InChI is InChI=1S/C12H12ClNO4/c1-6-3-4-8(13)7-5-12(10(15)16,11(17)18-2)14-9(6)7/h3-4,14H,5H2,1-2H3,(H,15,16). The number of hydrogen-bond donors (Lipinski definition) is 2. The zero-order chi connectivity index (χ0) is 13.5. The number of carboxylic acids is 1. The molecule has 0 aliphatic carbocycles. The first-order valence-corrected chi connectivity index (χ1v) is 5.68. The average Bonchev–Trinajstić information content (AvgIpc) is 2.76. The molecule has 1 atom stereocenters. The van der Waals surface area contributed by atoms with Gasteiger partial charge in [-0.1, -0.05) is 17.7 Å². The van der Waals surface area contributed by atoms with E-state index < -0.39 is 17.5 Å². The summed E-state index contributed by atoms with van der Waals surface area (Å²) >= 11 is 6.04. The Morgan fingerprint density at radius 3 is 2.67 bits per heavy atom. The molecule has 0 amide bonds. The Morgan fingerprint density at radius 2 is 2.17 bits per heavy atom. The largest absolute Gasteiger partial charge is 0.479 e. The van der Waals surface area contributed by atoms with Crippen molar-refractivity contribution in [3.8, 4) is 0 Å². The molecular weight excluding hydrogens is 258 g/mol. The van der Waals surface area contributed by atoms with Crippen LogP contribution in [0.5, 0.6) is 0 Å². The van der Waals surface area contributed by atoms with Crippen LogP contribution in [0.2, 0.25) is 5.02 Å². The molecule has 2 rings (SSSR count). The SMILES string of the molecule is COC(=O)C1(C(=O)O)Cc2c(Cl)ccc(C)c2N1. The van der Waals surface area contributed by atoms with Gasteiger partial charge in [-0.25, -0.2) is 9.59 Å². The van der Waals surface area contributed by atoms with E-state index in [2.05, 4.69) is 10.1 Å².